The number of aromatic nitrogens is 2. The molecule has 0 aliphatic rings. The molecule has 94 valence electrons. The number of nitrogens with zero attached hydrogens (tertiary/aromatic N) is 2. The minimum atomic E-state index is 0.548. The highest BCUT2D eigenvalue weighted by molar-refractivity contribution is 5.84. The van der Waals surface area contributed by atoms with Crippen LogP contribution in [-0.2, 0) is 6.42 Å². The van der Waals surface area contributed by atoms with Gasteiger partial charge in [-0.2, -0.15) is 0 Å². The summed E-state index contributed by atoms with van der Waals surface area (Å²) in [6.45, 7) is 2.15. The third-order valence-corrected chi connectivity index (χ3v) is 3.24. The Labute approximate surface area is 112 Å². The first-order valence-corrected chi connectivity index (χ1v) is 6.38. The molecule has 0 spiro atoms. The zero-order valence-electron chi connectivity index (χ0n) is 10.8. The number of fused-ring (bicyclic) bond motifs is 1. The summed E-state index contributed by atoms with van der Waals surface area (Å²) < 4.78 is 0. The number of anilines is 1. The van der Waals surface area contributed by atoms with Crippen LogP contribution in [0.5, 0.6) is 0 Å². The summed E-state index contributed by atoms with van der Waals surface area (Å²) in [5, 5.41) is 1.08. The fourth-order valence-electron chi connectivity index (χ4n) is 2.15. The predicted molar refractivity (Wildman–Crippen MR) is 78.8 cm³/mol. The van der Waals surface area contributed by atoms with Crippen LogP contribution in [0.2, 0.25) is 0 Å². The number of pyridine rings is 2. The molecule has 0 fully saturated rings. The van der Waals surface area contributed by atoms with Crippen LogP contribution in [0, 0.1) is 0 Å². The van der Waals surface area contributed by atoms with E-state index in [1.807, 2.05) is 36.5 Å². The van der Waals surface area contributed by atoms with Gasteiger partial charge in [0.2, 0.25) is 0 Å². The lowest BCUT2D eigenvalue weighted by Crippen LogP contribution is -1.91. The third kappa shape index (κ3) is 2.27. The van der Waals surface area contributed by atoms with Crippen LogP contribution >= 0.6 is 0 Å². The van der Waals surface area contributed by atoms with Gasteiger partial charge in [0.05, 0.1) is 11.2 Å². The minimum absolute atomic E-state index is 0.548. The lowest BCUT2D eigenvalue weighted by atomic mass is 10.1. The number of aryl methyl sites for hydroxylation is 1. The molecule has 0 aliphatic heterocycles. The van der Waals surface area contributed by atoms with Crippen molar-refractivity contribution in [3.8, 4) is 11.3 Å². The van der Waals surface area contributed by atoms with Crippen LogP contribution in [-0.4, -0.2) is 9.97 Å². The number of nitrogens with two attached hydrogens (primary N) is 1. The fraction of sp³-hybridized carbons (Fsp3) is 0.125. The van der Waals surface area contributed by atoms with Gasteiger partial charge in [0.25, 0.3) is 0 Å². The van der Waals surface area contributed by atoms with Gasteiger partial charge in [-0.25, -0.2) is 4.98 Å². The summed E-state index contributed by atoms with van der Waals surface area (Å²) in [6, 6.07) is 14.1. The molecule has 2 N–H and O–H groups in total. The molecule has 0 saturated carbocycles. The summed E-state index contributed by atoms with van der Waals surface area (Å²) in [6.07, 6.45) is 2.88. The molecule has 0 radical (unpaired) electrons. The van der Waals surface area contributed by atoms with E-state index in [0.717, 1.165) is 28.6 Å². The average Bonchev–Trinajstić information content (AvgIpc) is 2.46. The number of benzene rings is 1. The molecule has 0 bridgehead atoms. The second kappa shape index (κ2) is 4.69. The van der Waals surface area contributed by atoms with Gasteiger partial charge in [-0.05, 0) is 48.4 Å². The maximum atomic E-state index is 5.69. The van der Waals surface area contributed by atoms with E-state index in [9.17, 15) is 0 Å². The van der Waals surface area contributed by atoms with E-state index >= 15 is 0 Å². The van der Waals surface area contributed by atoms with E-state index in [4.69, 9.17) is 5.73 Å². The second-order valence-electron chi connectivity index (χ2n) is 4.55. The molecule has 2 aromatic heterocycles. The molecular weight excluding hydrogens is 234 g/mol. The van der Waals surface area contributed by atoms with Gasteiger partial charge in [0.1, 0.15) is 5.82 Å². The van der Waals surface area contributed by atoms with Crippen molar-refractivity contribution in [3.63, 3.8) is 0 Å². The average molecular weight is 249 g/mol. The number of rotatable bonds is 2. The first kappa shape index (κ1) is 11.7. The lowest BCUT2D eigenvalue weighted by Gasteiger charge is -2.05. The standard InChI is InChI=1S/C16H15N3/c1-2-11-7-8-18-15(9-11)13-3-5-14-12(10-13)4-6-16(17)19-14/h3-10H,2H2,1H3,(H2,17,19). The summed E-state index contributed by atoms with van der Waals surface area (Å²) in [7, 11) is 0. The zero-order chi connectivity index (χ0) is 13.2. The molecule has 2 heterocycles. The topological polar surface area (TPSA) is 51.8 Å². The number of hydrogen-bond acceptors (Lipinski definition) is 3. The fourth-order valence-corrected chi connectivity index (χ4v) is 2.15. The molecule has 3 nitrogen and oxygen atoms in total. The molecule has 1 aromatic carbocycles. The van der Waals surface area contributed by atoms with E-state index in [0.29, 0.717) is 5.82 Å². The van der Waals surface area contributed by atoms with Gasteiger partial charge in [0, 0.05) is 17.1 Å². The predicted octanol–water partition coefficient (Wildman–Crippen LogP) is 3.44. The first-order chi connectivity index (χ1) is 9.26. The lowest BCUT2D eigenvalue weighted by molar-refractivity contribution is 1.12. The van der Waals surface area contributed by atoms with E-state index < -0.39 is 0 Å². The SMILES string of the molecule is CCc1ccnc(-c2ccc3nc(N)ccc3c2)c1. The van der Waals surface area contributed by atoms with Crippen LogP contribution < -0.4 is 5.73 Å². The van der Waals surface area contributed by atoms with Crippen LogP contribution in [0.1, 0.15) is 12.5 Å². The number of nitrogen functional groups attached to an aromatic ring is 1. The van der Waals surface area contributed by atoms with Gasteiger partial charge in [-0.1, -0.05) is 13.0 Å². The van der Waals surface area contributed by atoms with Crippen molar-refractivity contribution in [2.75, 3.05) is 5.73 Å². The van der Waals surface area contributed by atoms with Crippen molar-refractivity contribution in [1.82, 2.24) is 9.97 Å². The second-order valence-corrected chi connectivity index (χ2v) is 4.55. The molecule has 3 aromatic rings. The van der Waals surface area contributed by atoms with Crippen molar-refractivity contribution in [2.24, 2.45) is 0 Å². The highest BCUT2D eigenvalue weighted by Gasteiger charge is 2.03. The Balaban J connectivity index is 2.12. The molecule has 0 amide bonds. The summed E-state index contributed by atoms with van der Waals surface area (Å²) in [5.41, 5.74) is 10.00. The zero-order valence-corrected chi connectivity index (χ0v) is 10.8. The molecule has 0 unspecified atom stereocenters. The molecule has 3 heteroatoms. The van der Waals surface area contributed by atoms with Crippen LogP contribution in [0.25, 0.3) is 22.2 Å². The molecular formula is C16H15N3. The van der Waals surface area contributed by atoms with Gasteiger partial charge in [0.15, 0.2) is 0 Å². The molecule has 0 atom stereocenters. The Morgan fingerprint density at radius 3 is 2.79 bits per heavy atom. The normalized spacial score (nSPS) is 10.8. The third-order valence-electron chi connectivity index (χ3n) is 3.24. The number of hydrogen-bond donors (Lipinski definition) is 1. The van der Waals surface area contributed by atoms with Crippen molar-refractivity contribution < 1.29 is 0 Å². The highest BCUT2D eigenvalue weighted by atomic mass is 14.8. The Morgan fingerprint density at radius 2 is 1.95 bits per heavy atom. The molecule has 0 saturated heterocycles. The van der Waals surface area contributed by atoms with Crippen molar-refractivity contribution in [1.29, 1.82) is 0 Å². The van der Waals surface area contributed by atoms with Crippen LogP contribution in [0.4, 0.5) is 5.82 Å². The molecule has 0 aliphatic carbocycles. The quantitative estimate of drug-likeness (QED) is 0.757. The minimum Gasteiger partial charge on any atom is -0.384 e. The van der Waals surface area contributed by atoms with E-state index in [2.05, 4.69) is 29.0 Å². The smallest absolute Gasteiger partial charge is 0.124 e. The summed E-state index contributed by atoms with van der Waals surface area (Å²) >= 11 is 0. The van der Waals surface area contributed by atoms with Crippen molar-refractivity contribution in [3.05, 3.63) is 54.2 Å². The molecule has 19 heavy (non-hydrogen) atoms. The summed E-state index contributed by atoms with van der Waals surface area (Å²) in [4.78, 5) is 8.74. The van der Waals surface area contributed by atoms with Gasteiger partial charge in [-0.3, -0.25) is 4.98 Å². The Kier molecular flexibility index (Phi) is 2.88. The van der Waals surface area contributed by atoms with Crippen LogP contribution in [0.15, 0.2) is 48.7 Å². The first-order valence-electron chi connectivity index (χ1n) is 6.38. The molecule has 3 rings (SSSR count). The highest BCUT2D eigenvalue weighted by Crippen LogP contribution is 2.23. The Hall–Kier alpha value is -2.42. The van der Waals surface area contributed by atoms with Gasteiger partial charge >= 0.3 is 0 Å². The monoisotopic (exact) mass is 249 g/mol. The summed E-state index contributed by atoms with van der Waals surface area (Å²) in [5.74, 6) is 0.548. The van der Waals surface area contributed by atoms with E-state index in [-0.39, 0.29) is 0 Å². The largest absolute Gasteiger partial charge is 0.384 e. The van der Waals surface area contributed by atoms with E-state index in [1.54, 1.807) is 0 Å². The van der Waals surface area contributed by atoms with Crippen LogP contribution in [0.3, 0.4) is 0 Å². The maximum Gasteiger partial charge on any atom is 0.124 e. The maximum absolute atomic E-state index is 5.69. The van der Waals surface area contributed by atoms with Gasteiger partial charge in [-0.15, -0.1) is 0 Å². The Morgan fingerprint density at radius 1 is 1.05 bits per heavy atom. The Bertz CT molecular complexity index is 735. The van der Waals surface area contributed by atoms with E-state index in [1.165, 1.54) is 5.56 Å². The van der Waals surface area contributed by atoms with Gasteiger partial charge < -0.3 is 5.73 Å². The van der Waals surface area contributed by atoms with Crippen molar-refractivity contribution in [2.45, 2.75) is 13.3 Å². The van der Waals surface area contributed by atoms with Crippen molar-refractivity contribution >= 4 is 16.7 Å².